The molecule has 0 aromatic heterocycles. The molecule has 0 aliphatic carbocycles. The van der Waals surface area contributed by atoms with Gasteiger partial charge in [0.15, 0.2) is 0 Å². The predicted octanol–water partition coefficient (Wildman–Crippen LogP) is -0.222. The number of rotatable bonds is 7. The van der Waals surface area contributed by atoms with Crippen LogP contribution in [0.5, 0.6) is 0 Å². The zero-order chi connectivity index (χ0) is 12.6. The maximum absolute atomic E-state index is 11.3. The summed E-state index contributed by atoms with van der Waals surface area (Å²) in [5.41, 5.74) is 0. The lowest BCUT2D eigenvalue weighted by Crippen LogP contribution is -2.41. The molecular formula is C11H18N2O3. The quantitative estimate of drug-likeness (QED) is 0.589. The summed E-state index contributed by atoms with van der Waals surface area (Å²) >= 11 is 0. The Labute approximate surface area is 95.8 Å². The Kier molecular flexibility index (Phi) is 6.97. The maximum atomic E-state index is 11.3. The Morgan fingerprint density at radius 1 is 1.44 bits per heavy atom. The SMILES string of the molecule is C#CCNC(=O)CN(CC(=O)O)CC(C)C. The van der Waals surface area contributed by atoms with Crippen LogP contribution in [0.4, 0.5) is 0 Å². The van der Waals surface area contributed by atoms with Gasteiger partial charge in [-0.05, 0) is 5.92 Å². The molecule has 5 nitrogen and oxygen atoms in total. The zero-order valence-electron chi connectivity index (χ0n) is 9.69. The van der Waals surface area contributed by atoms with E-state index in [0.29, 0.717) is 12.5 Å². The van der Waals surface area contributed by atoms with Crippen LogP contribution in [-0.4, -0.2) is 48.1 Å². The lowest BCUT2D eigenvalue weighted by Gasteiger charge is -2.21. The van der Waals surface area contributed by atoms with Crippen molar-refractivity contribution in [3.8, 4) is 12.3 Å². The van der Waals surface area contributed by atoms with E-state index in [-0.39, 0.29) is 25.5 Å². The summed E-state index contributed by atoms with van der Waals surface area (Å²) in [6.07, 6.45) is 5.00. The second-order valence-corrected chi connectivity index (χ2v) is 3.94. The van der Waals surface area contributed by atoms with Crippen LogP contribution < -0.4 is 5.32 Å². The molecule has 0 bridgehead atoms. The number of carboxylic acids is 1. The molecule has 0 saturated carbocycles. The van der Waals surface area contributed by atoms with E-state index >= 15 is 0 Å². The number of amides is 1. The number of aliphatic carboxylic acids is 1. The fraction of sp³-hybridized carbons (Fsp3) is 0.636. The molecule has 0 heterocycles. The summed E-state index contributed by atoms with van der Waals surface area (Å²) in [6.45, 7) is 4.59. The topological polar surface area (TPSA) is 69.6 Å². The van der Waals surface area contributed by atoms with Gasteiger partial charge in [-0.1, -0.05) is 19.8 Å². The van der Waals surface area contributed by atoms with Crippen LogP contribution in [0.3, 0.4) is 0 Å². The van der Waals surface area contributed by atoms with E-state index < -0.39 is 5.97 Å². The fourth-order valence-electron chi connectivity index (χ4n) is 1.30. The summed E-state index contributed by atoms with van der Waals surface area (Å²) in [5.74, 6) is 1.40. The van der Waals surface area contributed by atoms with Crippen LogP contribution in [0.25, 0.3) is 0 Å². The molecular weight excluding hydrogens is 208 g/mol. The molecule has 0 aliphatic rings. The summed E-state index contributed by atoms with van der Waals surface area (Å²) in [7, 11) is 0. The Morgan fingerprint density at radius 2 is 2.06 bits per heavy atom. The highest BCUT2D eigenvalue weighted by molar-refractivity contribution is 5.79. The molecule has 16 heavy (non-hydrogen) atoms. The van der Waals surface area contributed by atoms with Gasteiger partial charge in [-0.25, -0.2) is 0 Å². The van der Waals surface area contributed by atoms with Crippen molar-refractivity contribution in [1.82, 2.24) is 10.2 Å². The summed E-state index contributed by atoms with van der Waals surface area (Å²) in [4.78, 5) is 23.5. The second kappa shape index (κ2) is 7.71. The molecule has 0 rings (SSSR count). The summed E-state index contributed by atoms with van der Waals surface area (Å²) in [5, 5.41) is 11.2. The average molecular weight is 226 g/mol. The largest absolute Gasteiger partial charge is 0.480 e. The molecule has 0 aliphatic heterocycles. The van der Waals surface area contributed by atoms with Gasteiger partial charge in [0, 0.05) is 6.54 Å². The number of nitrogens with zero attached hydrogens (tertiary/aromatic N) is 1. The molecule has 0 atom stereocenters. The van der Waals surface area contributed by atoms with E-state index in [0.717, 1.165) is 0 Å². The Hall–Kier alpha value is -1.54. The number of terminal acetylenes is 1. The van der Waals surface area contributed by atoms with Crippen molar-refractivity contribution >= 4 is 11.9 Å². The summed E-state index contributed by atoms with van der Waals surface area (Å²) < 4.78 is 0. The van der Waals surface area contributed by atoms with Crippen molar-refractivity contribution in [2.45, 2.75) is 13.8 Å². The van der Waals surface area contributed by atoms with Crippen LogP contribution >= 0.6 is 0 Å². The molecule has 2 N–H and O–H groups in total. The van der Waals surface area contributed by atoms with Crippen LogP contribution in [0.15, 0.2) is 0 Å². The molecule has 5 heteroatoms. The number of carbonyl (C=O) groups excluding carboxylic acids is 1. The third-order valence-electron chi connectivity index (χ3n) is 1.74. The smallest absolute Gasteiger partial charge is 0.317 e. The van der Waals surface area contributed by atoms with Gasteiger partial charge in [0.25, 0.3) is 0 Å². The molecule has 0 radical (unpaired) electrons. The maximum Gasteiger partial charge on any atom is 0.317 e. The first-order valence-electron chi connectivity index (χ1n) is 5.10. The lowest BCUT2D eigenvalue weighted by atomic mass is 10.2. The van der Waals surface area contributed by atoms with Crippen molar-refractivity contribution < 1.29 is 14.7 Å². The first kappa shape index (κ1) is 14.5. The van der Waals surface area contributed by atoms with Crippen molar-refractivity contribution in [3.05, 3.63) is 0 Å². The Bertz CT molecular complexity index is 281. The van der Waals surface area contributed by atoms with Crippen molar-refractivity contribution in [3.63, 3.8) is 0 Å². The van der Waals surface area contributed by atoms with E-state index in [1.165, 1.54) is 0 Å². The second-order valence-electron chi connectivity index (χ2n) is 3.94. The molecule has 0 aromatic carbocycles. The minimum absolute atomic E-state index is 0.0617. The molecule has 0 aromatic rings. The number of hydrogen-bond donors (Lipinski definition) is 2. The van der Waals surface area contributed by atoms with Gasteiger partial charge in [-0.3, -0.25) is 14.5 Å². The molecule has 0 saturated heterocycles. The van der Waals surface area contributed by atoms with Crippen LogP contribution in [0.2, 0.25) is 0 Å². The van der Waals surface area contributed by atoms with E-state index in [1.807, 2.05) is 13.8 Å². The Balaban J connectivity index is 4.14. The first-order chi connectivity index (χ1) is 7.45. The molecule has 0 unspecified atom stereocenters. The van der Waals surface area contributed by atoms with Crippen molar-refractivity contribution in [1.29, 1.82) is 0 Å². The van der Waals surface area contributed by atoms with Crippen LogP contribution in [0.1, 0.15) is 13.8 Å². The van der Waals surface area contributed by atoms with Gasteiger partial charge >= 0.3 is 5.97 Å². The highest BCUT2D eigenvalue weighted by atomic mass is 16.4. The minimum Gasteiger partial charge on any atom is -0.480 e. The highest BCUT2D eigenvalue weighted by Crippen LogP contribution is 1.98. The number of carbonyl (C=O) groups is 2. The van der Waals surface area contributed by atoms with E-state index in [9.17, 15) is 9.59 Å². The van der Waals surface area contributed by atoms with E-state index in [2.05, 4.69) is 11.2 Å². The molecule has 90 valence electrons. The van der Waals surface area contributed by atoms with Crippen LogP contribution in [-0.2, 0) is 9.59 Å². The molecule has 0 fully saturated rings. The Morgan fingerprint density at radius 3 is 2.50 bits per heavy atom. The van der Waals surface area contributed by atoms with Gasteiger partial charge in [0.2, 0.25) is 5.91 Å². The number of nitrogens with one attached hydrogen (secondary N) is 1. The minimum atomic E-state index is -0.939. The third-order valence-corrected chi connectivity index (χ3v) is 1.74. The normalized spacial score (nSPS) is 10.2. The predicted molar refractivity (Wildman–Crippen MR) is 60.8 cm³/mol. The van der Waals surface area contributed by atoms with Gasteiger partial charge in [-0.15, -0.1) is 6.42 Å². The molecule has 0 spiro atoms. The lowest BCUT2D eigenvalue weighted by molar-refractivity contribution is -0.138. The van der Waals surface area contributed by atoms with Gasteiger partial charge in [0.05, 0.1) is 19.6 Å². The monoisotopic (exact) mass is 226 g/mol. The zero-order valence-corrected chi connectivity index (χ0v) is 9.69. The third kappa shape index (κ3) is 7.83. The number of carboxylic acid groups (broad SMARTS) is 1. The standard InChI is InChI=1S/C11H18N2O3/c1-4-5-12-10(14)7-13(6-9(2)3)8-11(15)16/h1,9H,5-8H2,2-3H3,(H,12,14)(H,15,16). The first-order valence-corrected chi connectivity index (χ1v) is 5.10. The summed E-state index contributed by atoms with van der Waals surface area (Å²) in [6, 6.07) is 0. The van der Waals surface area contributed by atoms with Crippen molar-refractivity contribution in [2.75, 3.05) is 26.2 Å². The number of hydrogen-bond acceptors (Lipinski definition) is 3. The van der Waals surface area contributed by atoms with E-state index in [1.54, 1.807) is 4.90 Å². The van der Waals surface area contributed by atoms with Gasteiger partial charge in [0.1, 0.15) is 0 Å². The van der Waals surface area contributed by atoms with E-state index in [4.69, 9.17) is 11.5 Å². The molecule has 1 amide bonds. The average Bonchev–Trinajstić information content (AvgIpc) is 2.12. The van der Waals surface area contributed by atoms with Gasteiger partial charge in [-0.2, -0.15) is 0 Å². The fourth-order valence-corrected chi connectivity index (χ4v) is 1.30. The van der Waals surface area contributed by atoms with Crippen molar-refractivity contribution in [2.24, 2.45) is 5.92 Å². The van der Waals surface area contributed by atoms with Gasteiger partial charge < -0.3 is 10.4 Å². The van der Waals surface area contributed by atoms with Crippen LogP contribution in [0, 0.1) is 18.3 Å². The highest BCUT2D eigenvalue weighted by Gasteiger charge is 2.14.